The molecule has 0 saturated heterocycles. The minimum Gasteiger partial charge on any atom is -0.457 e. The van der Waals surface area contributed by atoms with Gasteiger partial charge in [-0.3, -0.25) is 0 Å². The molecule has 0 radical (unpaired) electrons. The van der Waals surface area contributed by atoms with Crippen LogP contribution in [0.3, 0.4) is 0 Å². The lowest BCUT2D eigenvalue weighted by Crippen LogP contribution is -2.57. The molecular formula is C21H42NO2+. The van der Waals surface area contributed by atoms with Gasteiger partial charge < -0.3 is 9.22 Å². The normalized spacial score (nSPS) is 12.8. The summed E-state index contributed by atoms with van der Waals surface area (Å²) in [6, 6.07) is 0.640. The van der Waals surface area contributed by atoms with Crippen molar-refractivity contribution in [2.75, 3.05) is 26.2 Å². The molecule has 3 nitrogen and oxygen atoms in total. The second-order valence-corrected chi connectivity index (χ2v) is 7.17. The second kappa shape index (κ2) is 14.5. The highest BCUT2D eigenvalue weighted by atomic mass is 16.5. The first-order valence-electron chi connectivity index (χ1n) is 10.2. The molecule has 0 bridgehead atoms. The van der Waals surface area contributed by atoms with E-state index in [2.05, 4.69) is 34.3 Å². The first-order valence-corrected chi connectivity index (χ1v) is 10.2. The first kappa shape index (κ1) is 23.2. The largest absolute Gasteiger partial charge is 0.457 e. The van der Waals surface area contributed by atoms with E-state index in [0.717, 1.165) is 11.0 Å². The summed E-state index contributed by atoms with van der Waals surface area (Å²) in [5, 5.41) is 0. The van der Waals surface area contributed by atoms with Crippen molar-refractivity contribution in [3.8, 4) is 0 Å². The number of carbonyl (C=O) groups excluding carboxylic acids is 1. The van der Waals surface area contributed by atoms with Crippen molar-refractivity contribution in [3.63, 3.8) is 0 Å². The number of rotatable bonds is 16. The van der Waals surface area contributed by atoms with Crippen molar-refractivity contribution >= 4 is 5.97 Å². The third kappa shape index (κ3) is 9.46. The van der Waals surface area contributed by atoms with Crippen LogP contribution in [0.25, 0.3) is 0 Å². The zero-order chi connectivity index (χ0) is 18.3. The van der Waals surface area contributed by atoms with Crippen LogP contribution in [0.2, 0.25) is 0 Å². The van der Waals surface area contributed by atoms with Gasteiger partial charge in [-0.2, -0.15) is 0 Å². The van der Waals surface area contributed by atoms with E-state index in [1.807, 2.05) is 0 Å². The predicted octanol–water partition coefficient (Wildman–Crippen LogP) is 5.49. The number of esters is 1. The molecule has 0 aromatic rings. The molecule has 1 unspecified atom stereocenters. The van der Waals surface area contributed by atoms with Crippen LogP contribution in [0.15, 0.2) is 12.7 Å². The van der Waals surface area contributed by atoms with E-state index in [4.69, 9.17) is 4.74 Å². The average molecular weight is 341 g/mol. The fourth-order valence-electron chi connectivity index (χ4n) is 3.51. The third-order valence-electron chi connectivity index (χ3n) is 5.27. The SMILES string of the molecule is C=CC(=O)OCC[N+](CCCCC)(CCCCC)C(C)CCCC. The predicted molar refractivity (Wildman–Crippen MR) is 104 cm³/mol. The van der Waals surface area contributed by atoms with Crippen molar-refractivity contribution in [1.29, 1.82) is 0 Å². The standard InChI is InChI=1S/C21H42NO2/c1-6-10-13-16-22(17-14-11-7-2,20(5)15-12-8-3)18-19-24-21(23)9-4/h9,20H,4,6-8,10-19H2,1-3,5H3/q+1. The van der Waals surface area contributed by atoms with Gasteiger partial charge in [0.25, 0.3) is 0 Å². The molecule has 0 aromatic carbocycles. The minimum atomic E-state index is -0.295. The molecule has 142 valence electrons. The van der Waals surface area contributed by atoms with Crippen molar-refractivity contribution < 1.29 is 14.0 Å². The quantitative estimate of drug-likeness (QED) is 0.161. The Morgan fingerprint density at radius 1 is 0.958 bits per heavy atom. The number of hydrogen-bond donors (Lipinski definition) is 0. The van der Waals surface area contributed by atoms with Crippen molar-refractivity contribution in [2.45, 2.75) is 91.5 Å². The monoisotopic (exact) mass is 340 g/mol. The maximum Gasteiger partial charge on any atom is 0.330 e. The van der Waals surface area contributed by atoms with E-state index < -0.39 is 0 Å². The molecule has 0 aromatic heterocycles. The Bertz CT molecular complexity index is 318. The number of unbranched alkanes of at least 4 members (excludes halogenated alkanes) is 5. The number of quaternary nitrogens is 1. The van der Waals surface area contributed by atoms with Crippen LogP contribution in [-0.2, 0) is 9.53 Å². The van der Waals surface area contributed by atoms with Gasteiger partial charge in [-0.05, 0) is 45.4 Å². The van der Waals surface area contributed by atoms with Crippen molar-refractivity contribution in [3.05, 3.63) is 12.7 Å². The molecule has 3 heteroatoms. The van der Waals surface area contributed by atoms with Gasteiger partial charge in [-0.1, -0.05) is 46.6 Å². The van der Waals surface area contributed by atoms with Gasteiger partial charge in [0.15, 0.2) is 0 Å². The van der Waals surface area contributed by atoms with Gasteiger partial charge in [0.1, 0.15) is 13.2 Å². The highest BCUT2D eigenvalue weighted by Crippen LogP contribution is 2.22. The van der Waals surface area contributed by atoms with Crippen molar-refractivity contribution in [2.24, 2.45) is 0 Å². The molecule has 0 saturated carbocycles. The fourth-order valence-corrected chi connectivity index (χ4v) is 3.51. The lowest BCUT2D eigenvalue weighted by atomic mass is 10.0. The summed E-state index contributed by atoms with van der Waals surface area (Å²) in [6.45, 7) is 16.6. The molecule has 0 aliphatic heterocycles. The molecule has 0 aliphatic rings. The summed E-state index contributed by atoms with van der Waals surface area (Å²) in [5.41, 5.74) is 0. The zero-order valence-corrected chi connectivity index (χ0v) is 16.8. The summed E-state index contributed by atoms with van der Waals surface area (Å²) in [4.78, 5) is 11.4. The topological polar surface area (TPSA) is 26.3 Å². The lowest BCUT2D eigenvalue weighted by Gasteiger charge is -2.44. The number of hydrogen-bond acceptors (Lipinski definition) is 2. The van der Waals surface area contributed by atoms with Crippen LogP contribution >= 0.6 is 0 Å². The Kier molecular flexibility index (Phi) is 14.0. The Morgan fingerprint density at radius 2 is 1.50 bits per heavy atom. The van der Waals surface area contributed by atoms with E-state index in [1.54, 1.807) is 0 Å². The summed E-state index contributed by atoms with van der Waals surface area (Å²) < 4.78 is 6.46. The summed E-state index contributed by atoms with van der Waals surface area (Å²) >= 11 is 0. The summed E-state index contributed by atoms with van der Waals surface area (Å²) in [5.74, 6) is -0.295. The maximum absolute atomic E-state index is 11.4. The Balaban J connectivity index is 4.98. The molecule has 0 N–H and O–H groups in total. The van der Waals surface area contributed by atoms with Crippen LogP contribution in [0.1, 0.15) is 85.5 Å². The van der Waals surface area contributed by atoms with E-state index >= 15 is 0 Å². The van der Waals surface area contributed by atoms with E-state index in [9.17, 15) is 4.79 Å². The lowest BCUT2D eigenvalue weighted by molar-refractivity contribution is -0.950. The van der Waals surface area contributed by atoms with Crippen molar-refractivity contribution in [1.82, 2.24) is 0 Å². The Hall–Kier alpha value is -0.830. The zero-order valence-electron chi connectivity index (χ0n) is 16.8. The molecule has 0 fully saturated rings. The highest BCUT2D eigenvalue weighted by Gasteiger charge is 2.32. The third-order valence-corrected chi connectivity index (χ3v) is 5.27. The molecule has 1 atom stereocenters. The van der Waals surface area contributed by atoms with Crippen LogP contribution < -0.4 is 0 Å². The first-order chi connectivity index (χ1) is 11.6. The molecule has 0 aliphatic carbocycles. The summed E-state index contributed by atoms with van der Waals surface area (Å²) in [6.07, 6.45) is 12.7. The Labute approximate surface area is 151 Å². The Morgan fingerprint density at radius 3 is 1.96 bits per heavy atom. The average Bonchev–Trinajstić information content (AvgIpc) is 2.59. The second-order valence-electron chi connectivity index (χ2n) is 7.17. The van der Waals surface area contributed by atoms with Crippen LogP contribution in [0, 0.1) is 0 Å². The maximum atomic E-state index is 11.4. The fraction of sp³-hybridized carbons (Fsp3) is 0.857. The van der Waals surface area contributed by atoms with Gasteiger partial charge in [-0.25, -0.2) is 4.79 Å². The van der Waals surface area contributed by atoms with E-state index in [-0.39, 0.29) is 5.97 Å². The van der Waals surface area contributed by atoms with Gasteiger partial charge in [-0.15, -0.1) is 0 Å². The molecule has 0 amide bonds. The minimum absolute atomic E-state index is 0.295. The molecular weight excluding hydrogens is 298 g/mol. The molecule has 24 heavy (non-hydrogen) atoms. The molecule has 0 spiro atoms. The highest BCUT2D eigenvalue weighted by molar-refractivity contribution is 5.81. The molecule has 0 heterocycles. The van der Waals surface area contributed by atoms with Crippen LogP contribution in [0.5, 0.6) is 0 Å². The van der Waals surface area contributed by atoms with Crippen LogP contribution in [0.4, 0.5) is 0 Å². The van der Waals surface area contributed by atoms with Gasteiger partial charge in [0.05, 0.1) is 19.1 Å². The number of ether oxygens (including phenoxy) is 1. The van der Waals surface area contributed by atoms with Gasteiger partial charge in [0.2, 0.25) is 0 Å². The van der Waals surface area contributed by atoms with Gasteiger partial charge in [0, 0.05) is 6.08 Å². The number of nitrogens with zero attached hydrogens (tertiary/aromatic N) is 1. The summed E-state index contributed by atoms with van der Waals surface area (Å²) in [7, 11) is 0. The van der Waals surface area contributed by atoms with Gasteiger partial charge >= 0.3 is 5.97 Å². The smallest absolute Gasteiger partial charge is 0.330 e. The van der Waals surface area contributed by atoms with E-state index in [0.29, 0.717) is 12.6 Å². The molecule has 0 rings (SSSR count). The number of carbonyl (C=O) groups is 1. The van der Waals surface area contributed by atoms with E-state index in [1.165, 1.54) is 77.0 Å². The van der Waals surface area contributed by atoms with Crippen LogP contribution in [-0.4, -0.2) is 42.7 Å².